The molecule has 1 amide bonds. The second kappa shape index (κ2) is 8.92. The van der Waals surface area contributed by atoms with E-state index in [9.17, 15) is 4.79 Å². The minimum atomic E-state index is -0.538. The molecule has 0 radical (unpaired) electrons. The lowest BCUT2D eigenvalue weighted by molar-refractivity contribution is -0.129. The van der Waals surface area contributed by atoms with Gasteiger partial charge in [0.15, 0.2) is 0 Å². The van der Waals surface area contributed by atoms with Crippen LogP contribution in [0.25, 0.3) is 0 Å². The van der Waals surface area contributed by atoms with E-state index in [4.69, 9.17) is 9.94 Å². The van der Waals surface area contributed by atoms with Crippen molar-refractivity contribution in [1.82, 2.24) is 5.48 Å². The predicted molar refractivity (Wildman–Crippen MR) is 89.6 cm³/mol. The van der Waals surface area contributed by atoms with E-state index in [1.54, 1.807) is 12.6 Å². The number of hydrogen-bond donors (Lipinski definition) is 3. The molecule has 0 aliphatic rings. The minimum absolute atomic E-state index is 0.447. The molecule has 2 aromatic rings. The highest BCUT2D eigenvalue weighted by atomic mass is 16.5. The predicted octanol–water partition coefficient (Wildman–Crippen LogP) is 2.77. The van der Waals surface area contributed by atoms with Crippen LogP contribution in [0.4, 0.5) is 5.69 Å². The molecule has 0 fully saturated rings. The Morgan fingerprint density at radius 1 is 1.09 bits per heavy atom. The Labute approximate surface area is 136 Å². The number of nitrogens with one attached hydrogen (secondary N) is 2. The second-order valence-electron chi connectivity index (χ2n) is 5.21. The van der Waals surface area contributed by atoms with Crippen LogP contribution in [0.1, 0.15) is 23.5 Å². The van der Waals surface area contributed by atoms with Gasteiger partial charge in [0.2, 0.25) is 0 Å². The van der Waals surface area contributed by atoms with Crippen LogP contribution < -0.4 is 10.8 Å². The third-order valence-corrected chi connectivity index (χ3v) is 3.60. The van der Waals surface area contributed by atoms with Crippen molar-refractivity contribution in [2.75, 3.05) is 25.6 Å². The number of benzene rings is 2. The number of carbonyl (C=O) groups excluding carboxylic acids is 1. The average molecular weight is 314 g/mol. The monoisotopic (exact) mass is 314 g/mol. The van der Waals surface area contributed by atoms with Gasteiger partial charge >= 0.3 is 0 Å². The van der Waals surface area contributed by atoms with Gasteiger partial charge in [0.05, 0.1) is 5.92 Å². The molecule has 0 heterocycles. The molecule has 3 N–H and O–H groups in total. The first-order valence-electron chi connectivity index (χ1n) is 7.58. The van der Waals surface area contributed by atoms with Crippen molar-refractivity contribution in [3.8, 4) is 0 Å². The molecular weight excluding hydrogens is 292 g/mol. The topological polar surface area (TPSA) is 70.6 Å². The summed E-state index contributed by atoms with van der Waals surface area (Å²) in [6, 6.07) is 17.0. The minimum Gasteiger partial charge on any atom is -0.385 e. The van der Waals surface area contributed by atoms with Crippen LogP contribution >= 0.6 is 0 Å². The smallest absolute Gasteiger partial charge is 0.255 e. The Morgan fingerprint density at radius 3 is 2.35 bits per heavy atom. The summed E-state index contributed by atoms with van der Waals surface area (Å²) < 4.78 is 5.01. The van der Waals surface area contributed by atoms with Crippen LogP contribution in [0.15, 0.2) is 54.6 Å². The third-order valence-electron chi connectivity index (χ3n) is 3.60. The van der Waals surface area contributed by atoms with E-state index in [1.165, 1.54) is 0 Å². The highest BCUT2D eigenvalue weighted by Gasteiger charge is 2.22. The zero-order valence-electron chi connectivity index (χ0n) is 13.2. The Morgan fingerprint density at radius 2 is 1.74 bits per heavy atom. The Hall–Kier alpha value is -2.37. The molecule has 0 saturated carbocycles. The highest BCUT2D eigenvalue weighted by molar-refractivity contribution is 5.86. The third kappa shape index (κ3) is 4.81. The number of methoxy groups -OCH3 is 1. The molecule has 0 aromatic heterocycles. The van der Waals surface area contributed by atoms with E-state index < -0.39 is 11.8 Å². The van der Waals surface area contributed by atoms with Gasteiger partial charge < -0.3 is 10.1 Å². The Bertz CT molecular complexity index is 599. The van der Waals surface area contributed by atoms with Crippen LogP contribution in [0.2, 0.25) is 0 Å². The molecule has 0 saturated heterocycles. The molecule has 1 unspecified atom stereocenters. The maximum atomic E-state index is 12.1. The van der Waals surface area contributed by atoms with Crippen LogP contribution in [0.3, 0.4) is 0 Å². The molecular formula is C18H22N2O3. The zero-order valence-corrected chi connectivity index (χ0v) is 13.2. The molecule has 0 aliphatic carbocycles. The number of hydroxylamine groups is 1. The second-order valence-corrected chi connectivity index (χ2v) is 5.21. The highest BCUT2D eigenvalue weighted by Crippen LogP contribution is 2.26. The van der Waals surface area contributed by atoms with E-state index in [2.05, 4.69) is 5.32 Å². The molecule has 2 aromatic carbocycles. The molecule has 1 atom stereocenters. The quantitative estimate of drug-likeness (QED) is 0.398. The maximum absolute atomic E-state index is 12.1. The first-order valence-corrected chi connectivity index (χ1v) is 7.58. The summed E-state index contributed by atoms with van der Waals surface area (Å²) in [6.07, 6.45) is 0.928. The first kappa shape index (κ1) is 17.0. The Balaban J connectivity index is 2.12. The van der Waals surface area contributed by atoms with Gasteiger partial charge in [-0.3, -0.25) is 10.0 Å². The largest absolute Gasteiger partial charge is 0.385 e. The van der Waals surface area contributed by atoms with Gasteiger partial charge in [-0.1, -0.05) is 42.5 Å². The van der Waals surface area contributed by atoms with Crippen molar-refractivity contribution in [2.45, 2.75) is 12.3 Å². The summed E-state index contributed by atoms with van der Waals surface area (Å²) in [5, 5.41) is 12.3. The first-order chi connectivity index (χ1) is 11.3. The van der Waals surface area contributed by atoms with Crippen LogP contribution in [-0.4, -0.2) is 31.4 Å². The molecule has 0 spiro atoms. The van der Waals surface area contributed by atoms with Gasteiger partial charge in [0.1, 0.15) is 0 Å². The van der Waals surface area contributed by atoms with Crippen molar-refractivity contribution in [2.24, 2.45) is 0 Å². The van der Waals surface area contributed by atoms with Gasteiger partial charge in [-0.05, 0) is 29.7 Å². The average Bonchev–Trinajstić information content (AvgIpc) is 2.61. The number of rotatable bonds is 8. The fourth-order valence-corrected chi connectivity index (χ4v) is 2.45. The molecule has 122 valence electrons. The molecule has 0 aliphatic heterocycles. The molecule has 0 bridgehead atoms. The summed E-state index contributed by atoms with van der Waals surface area (Å²) in [6.45, 7) is 1.55. The standard InChI is InChI=1S/C18H22N2O3/c1-23-13-5-12-19-16-10-8-15(9-11-16)17(18(21)20-22)14-6-3-2-4-7-14/h2-4,6-11,17,19,22H,5,12-13H2,1H3,(H,20,21). The summed E-state index contributed by atoms with van der Waals surface area (Å²) >= 11 is 0. The van der Waals surface area contributed by atoms with E-state index in [0.29, 0.717) is 0 Å². The van der Waals surface area contributed by atoms with E-state index in [1.807, 2.05) is 54.6 Å². The van der Waals surface area contributed by atoms with Gasteiger partial charge in [0.25, 0.3) is 5.91 Å². The fraction of sp³-hybridized carbons (Fsp3) is 0.278. The number of hydrogen-bond acceptors (Lipinski definition) is 4. The summed E-state index contributed by atoms with van der Waals surface area (Å²) in [5.74, 6) is -0.985. The van der Waals surface area contributed by atoms with E-state index >= 15 is 0 Å². The van der Waals surface area contributed by atoms with Crippen LogP contribution in [0, 0.1) is 0 Å². The lowest BCUT2D eigenvalue weighted by Gasteiger charge is -2.16. The van der Waals surface area contributed by atoms with Gasteiger partial charge in [-0.2, -0.15) is 0 Å². The van der Waals surface area contributed by atoms with Crippen molar-refractivity contribution in [1.29, 1.82) is 0 Å². The Kier molecular flexibility index (Phi) is 6.59. The molecule has 23 heavy (non-hydrogen) atoms. The maximum Gasteiger partial charge on any atom is 0.255 e. The summed E-state index contributed by atoms with van der Waals surface area (Å²) in [7, 11) is 1.69. The SMILES string of the molecule is COCCCNc1ccc(C(C(=O)NO)c2ccccc2)cc1. The van der Waals surface area contributed by atoms with Gasteiger partial charge in [-0.15, -0.1) is 0 Å². The number of ether oxygens (including phenoxy) is 1. The van der Waals surface area contributed by atoms with Crippen LogP contribution in [-0.2, 0) is 9.53 Å². The molecule has 5 heteroatoms. The van der Waals surface area contributed by atoms with Gasteiger partial charge in [0, 0.05) is 25.9 Å². The molecule has 5 nitrogen and oxygen atoms in total. The van der Waals surface area contributed by atoms with Crippen LogP contribution in [0.5, 0.6) is 0 Å². The summed E-state index contributed by atoms with van der Waals surface area (Å²) in [4.78, 5) is 12.1. The van der Waals surface area contributed by atoms with Crippen molar-refractivity contribution >= 4 is 11.6 Å². The number of anilines is 1. The van der Waals surface area contributed by atoms with E-state index in [0.717, 1.165) is 36.4 Å². The fourth-order valence-electron chi connectivity index (χ4n) is 2.45. The number of carbonyl (C=O) groups is 1. The lowest BCUT2D eigenvalue weighted by Crippen LogP contribution is -2.27. The van der Waals surface area contributed by atoms with Gasteiger partial charge in [-0.25, -0.2) is 5.48 Å². The molecule has 2 rings (SSSR count). The lowest BCUT2D eigenvalue weighted by atomic mass is 9.90. The zero-order chi connectivity index (χ0) is 16.5. The van der Waals surface area contributed by atoms with E-state index in [-0.39, 0.29) is 0 Å². The van der Waals surface area contributed by atoms with Crippen molar-refractivity contribution in [3.05, 3.63) is 65.7 Å². The summed E-state index contributed by atoms with van der Waals surface area (Å²) in [5.41, 5.74) is 4.40. The van der Waals surface area contributed by atoms with Crippen molar-refractivity contribution in [3.63, 3.8) is 0 Å². The number of amides is 1. The normalized spacial score (nSPS) is 11.7. The van der Waals surface area contributed by atoms with Crippen molar-refractivity contribution < 1.29 is 14.7 Å².